The molecule has 0 saturated carbocycles. The number of hydrogen-bond donors (Lipinski definition) is 0. The van der Waals surface area contributed by atoms with Crippen LogP contribution in [0, 0.1) is 12.7 Å². The molecule has 0 atom stereocenters. The second-order valence-electron chi connectivity index (χ2n) is 7.25. The molecule has 1 aliphatic rings. The minimum atomic E-state index is -0.180. The van der Waals surface area contributed by atoms with Crippen molar-refractivity contribution >= 4 is 5.69 Å². The Bertz CT molecular complexity index is 1020. The first-order valence-corrected chi connectivity index (χ1v) is 9.61. The van der Waals surface area contributed by atoms with E-state index in [1.807, 2.05) is 61.1 Å². The molecule has 2 aromatic carbocycles. The topological polar surface area (TPSA) is 33.4 Å². The Balaban J connectivity index is 1.51. The molecule has 0 bridgehead atoms. The molecule has 0 N–H and O–H groups in total. The molecule has 1 saturated heterocycles. The van der Waals surface area contributed by atoms with Crippen molar-refractivity contribution in [2.45, 2.75) is 13.5 Å². The monoisotopic (exact) mass is 380 g/mol. The Hall–Kier alpha value is -2.86. The lowest BCUT2D eigenvalue weighted by Gasteiger charge is -2.36. The van der Waals surface area contributed by atoms with Gasteiger partial charge in [0.05, 0.1) is 16.9 Å². The molecule has 1 aromatic heterocycles. The summed E-state index contributed by atoms with van der Waals surface area (Å²) >= 11 is 0. The second kappa shape index (κ2) is 7.64. The normalized spacial score (nSPS) is 15.2. The third-order valence-corrected chi connectivity index (χ3v) is 5.62. The van der Waals surface area contributed by atoms with Gasteiger partial charge in [0, 0.05) is 45.5 Å². The molecule has 2 heterocycles. The van der Waals surface area contributed by atoms with Gasteiger partial charge in [-0.1, -0.05) is 30.3 Å². The molecule has 1 aliphatic heterocycles. The number of halogens is 1. The maximum absolute atomic E-state index is 14.0. The first-order valence-electron chi connectivity index (χ1n) is 9.61. The summed E-state index contributed by atoms with van der Waals surface area (Å²) < 4.78 is 17.7. The van der Waals surface area contributed by atoms with Crippen molar-refractivity contribution in [3.05, 3.63) is 82.0 Å². The van der Waals surface area contributed by atoms with E-state index in [1.165, 1.54) is 6.07 Å². The van der Waals surface area contributed by atoms with Crippen molar-refractivity contribution in [3.8, 4) is 5.69 Å². The summed E-state index contributed by atoms with van der Waals surface area (Å²) in [6.45, 7) is 5.70. The molecule has 146 valence electrons. The summed E-state index contributed by atoms with van der Waals surface area (Å²) in [6.07, 6.45) is 0. The van der Waals surface area contributed by atoms with Gasteiger partial charge in [0.1, 0.15) is 5.82 Å². The van der Waals surface area contributed by atoms with Crippen LogP contribution in [0.1, 0.15) is 11.3 Å². The first kappa shape index (κ1) is 18.5. The Morgan fingerprint density at radius 3 is 2.25 bits per heavy atom. The third-order valence-electron chi connectivity index (χ3n) is 5.62. The largest absolute Gasteiger partial charge is 0.367 e. The molecule has 4 rings (SSSR count). The highest BCUT2D eigenvalue weighted by molar-refractivity contribution is 5.48. The van der Waals surface area contributed by atoms with Crippen LogP contribution in [-0.4, -0.2) is 40.4 Å². The maximum Gasteiger partial charge on any atom is 0.276 e. The highest BCUT2D eigenvalue weighted by atomic mass is 19.1. The van der Waals surface area contributed by atoms with Gasteiger partial charge in [0.15, 0.2) is 0 Å². The summed E-state index contributed by atoms with van der Waals surface area (Å²) in [6, 6.07) is 16.6. The van der Waals surface area contributed by atoms with E-state index in [4.69, 9.17) is 0 Å². The maximum atomic E-state index is 14.0. The molecule has 3 aromatic rings. The van der Waals surface area contributed by atoms with E-state index in [0.717, 1.165) is 43.1 Å². The van der Waals surface area contributed by atoms with E-state index in [0.29, 0.717) is 12.2 Å². The van der Waals surface area contributed by atoms with Gasteiger partial charge in [-0.25, -0.2) is 9.07 Å². The van der Waals surface area contributed by atoms with Crippen LogP contribution in [0.25, 0.3) is 5.69 Å². The van der Waals surface area contributed by atoms with Gasteiger partial charge in [-0.2, -0.15) is 0 Å². The molecule has 28 heavy (non-hydrogen) atoms. The predicted molar refractivity (Wildman–Crippen MR) is 110 cm³/mol. The standard InChI is InChI=1S/C22H25FN4O/c1-17-19(22(28)27(24(17)2)18-8-4-3-5-9-18)16-25-12-14-26(15-13-25)21-11-7-6-10-20(21)23/h3-11H,12-16H2,1-2H3. The fraction of sp³-hybridized carbons (Fsp3) is 0.318. The van der Waals surface area contributed by atoms with Crippen LogP contribution in [0.2, 0.25) is 0 Å². The van der Waals surface area contributed by atoms with Gasteiger partial charge < -0.3 is 4.90 Å². The van der Waals surface area contributed by atoms with Crippen molar-refractivity contribution in [2.75, 3.05) is 31.1 Å². The number of piperazine rings is 1. The summed E-state index contributed by atoms with van der Waals surface area (Å²) in [5.41, 5.74) is 3.36. The summed E-state index contributed by atoms with van der Waals surface area (Å²) in [4.78, 5) is 17.4. The van der Waals surface area contributed by atoms with E-state index >= 15 is 0 Å². The Kier molecular flexibility index (Phi) is 5.05. The molecular formula is C22H25FN4O. The van der Waals surface area contributed by atoms with Crippen molar-refractivity contribution in [2.24, 2.45) is 7.05 Å². The van der Waals surface area contributed by atoms with Crippen molar-refractivity contribution in [1.82, 2.24) is 14.3 Å². The van der Waals surface area contributed by atoms with Crippen LogP contribution in [0.5, 0.6) is 0 Å². The average Bonchev–Trinajstić information content (AvgIpc) is 2.93. The molecule has 0 radical (unpaired) electrons. The summed E-state index contributed by atoms with van der Waals surface area (Å²) in [7, 11) is 1.92. The van der Waals surface area contributed by atoms with E-state index in [1.54, 1.807) is 10.7 Å². The number of rotatable bonds is 4. The lowest BCUT2D eigenvalue weighted by molar-refractivity contribution is 0.248. The van der Waals surface area contributed by atoms with E-state index < -0.39 is 0 Å². The molecule has 0 unspecified atom stereocenters. The van der Waals surface area contributed by atoms with E-state index in [2.05, 4.69) is 9.80 Å². The molecule has 0 amide bonds. The van der Waals surface area contributed by atoms with Crippen LogP contribution in [0.3, 0.4) is 0 Å². The highest BCUT2D eigenvalue weighted by Gasteiger charge is 2.23. The zero-order chi connectivity index (χ0) is 19.7. The SMILES string of the molecule is Cc1c(CN2CCN(c3ccccc3F)CC2)c(=O)n(-c2ccccc2)n1C. The minimum Gasteiger partial charge on any atom is -0.367 e. The number of nitrogens with zero attached hydrogens (tertiary/aromatic N) is 4. The van der Waals surface area contributed by atoms with Gasteiger partial charge in [0.25, 0.3) is 5.56 Å². The number of aromatic nitrogens is 2. The van der Waals surface area contributed by atoms with Crippen molar-refractivity contribution in [1.29, 1.82) is 0 Å². The fourth-order valence-corrected chi connectivity index (χ4v) is 3.88. The van der Waals surface area contributed by atoms with Crippen LogP contribution in [0.4, 0.5) is 10.1 Å². The zero-order valence-corrected chi connectivity index (χ0v) is 16.3. The van der Waals surface area contributed by atoms with E-state index in [-0.39, 0.29) is 11.4 Å². The van der Waals surface area contributed by atoms with Gasteiger partial charge in [0.2, 0.25) is 0 Å². The lowest BCUT2D eigenvalue weighted by atomic mass is 10.2. The predicted octanol–water partition coefficient (Wildman–Crippen LogP) is 2.95. The summed E-state index contributed by atoms with van der Waals surface area (Å²) in [5, 5.41) is 0. The number of para-hydroxylation sites is 2. The quantitative estimate of drug-likeness (QED) is 0.698. The summed E-state index contributed by atoms with van der Waals surface area (Å²) in [5.74, 6) is -0.180. The molecule has 5 nitrogen and oxygen atoms in total. The number of benzene rings is 2. The Morgan fingerprint density at radius 1 is 0.929 bits per heavy atom. The van der Waals surface area contributed by atoms with Crippen molar-refractivity contribution < 1.29 is 4.39 Å². The van der Waals surface area contributed by atoms with Gasteiger partial charge >= 0.3 is 0 Å². The van der Waals surface area contributed by atoms with Crippen LogP contribution in [-0.2, 0) is 13.6 Å². The van der Waals surface area contributed by atoms with Crippen LogP contribution in [0.15, 0.2) is 59.4 Å². The Labute approximate surface area is 164 Å². The van der Waals surface area contributed by atoms with Crippen LogP contribution < -0.4 is 10.5 Å². The lowest BCUT2D eigenvalue weighted by Crippen LogP contribution is -2.46. The van der Waals surface area contributed by atoms with Crippen molar-refractivity contribution in [3.63, 3.8) is 0 Å². The van der Waals surface area contributed by atoms with Gasteiger partial charge in [-0.3, -0.25) is 14.4 Å². The van der Waals surface area contributed by atoms with Gasteiger partial charge in [-0.15, -0.1) is 0 Å². The molecule has 6 heteroatoms. The van der Waals surface area contributed by atoms with Crippen LogP contribution >= 0.6 is 0 Å². The van der Waals surface area contributed by atoms with E-state index in [9.17, 15) is 9.18 Å². The molecule has 0 aliphatic carbocycles. The fourth-order valence-electron chi connectivity index (χ4n) is 3.88. The second-order valence-corrected chi connectivity index (χ2v) is 7.25. The Morgan fingerprint density at radius 2 is 1.57 bits per heavy atom. The van der Waals surface area contributed by atoms with Gasteiger partial charge in [-0.05, 0) is 31.2 Å². The number of hydrogen-bond acceptors (Lipinski definition) is 3. The molecule has 0 spiro atoms. The first-order chi connectivity index (χ1) is 13.6. The molecular weight excluding hydrogens is 355 g/mol. The smallest absolute Gasteiger partial charge is 0.276 e. The zero-order valence-electron chi connectivity index (χ0n) is 16.3. The average molecular weight is 380 g/mol. The third kappa shape index (κ3) is 3.36. The molecule has 1 fully saturated rings. The highest BCUT2D eigenvalue weighted by Crippen LogP contribution is 2.21. The number of anilines is 1. The minimum absolute atomic E-state index is 0.0303.